The van der Waals surface area contributed by atoms with E-state index in [-0.39, 0.29) is 17.2 Å². The van der Waals surface area contributed by atoms with Crippen molar-refractivity contribution in [1.29, 1.82) is 5.26 Å². The molecule has 0 radical (unpaired) electrons. The van der Waals surface area contributed by atoms with Crippen LogP contribution in [-0.4, -0.2) is 13.1 Å². The Morgan fingerprint density at radius 1 is 0.974 bits per heavy atom. The quantitative estimate of drug-likeness (QED) is 0.215. The van der Waals surface area contributed by atoms with Gasteiger partial charge in [-0.1, -0.05) is 54.1 Å². The zero-order valence-corrected chi connectivity index (χ0v) is 21.6. The number of hydrogen-bond donors (Lipinski definition) is 1. The molecule has 5 rings (SSSR count). The smallest absolute Gasteiger partial charge is 0.343 e. The van der Waals surface area contributed by atoms with Crippen molar-refractivity contribution in [2.45, 2.75) is 12.5 Å². The average Bonchev–Trinajstić information content (AvgIpc) is 2.96. The maximum atomic E-state index is 12.7. The lowest BCUT2D eigenvalue weighted by atomic mass is 9.83. The Kier molecular flexibility index (Phi) is 7.39. The molecule has 4 aromatic rings. The number of esters is 1. The van der Waals surface area contributed by atoms with E-state index in [2.05, 4.69) is 6.07 Å². The van der Waals surface area contributed by atoms with Gasteiger partial charge in [-0.25, -0.2) is 4.79 Å². The first-order valence-corrected chi connectivity index (χ1v) is 12.4. The Morgan fingerprint density at radius 2 is 1.77 bits per heavy atom. The molecular weight excluding hydrogens is 516 g/mol. The Labute approximate surface area is 230 Å². The molecule has 0 spiro atoms. The average molecular weight is 539 g/mol. The van der Waals surface area contributed by atoms with Crippen molar-refractivity contribution < 1.29 is 23.7 Å². The lowest BCUT2D eigenvalue weighted by molar-refractivity contribution is 0.0734. The first kappa shape index (κ1) is 25.7. The number of benzene rings is 4. The van der Waals surface area contributed by atoms with Gasteiger partial charge in [0.2, 0.25) is 5.88 Å². The molecule has 0 aromatic heterocycles. The van der Waals surface area contributed by atoms with Crippen molar-refractivity contribution in [2.24, 2.45) is 5.73 Å². The molecule has 1 aliphatic rings. The SMILES string of the molecule is COc1cccc(C(=O)Oc2ccc3c(c2)OC(N)=C(C#N)C3c2cccc(OCc3ccccc3Cl)c2)c1. The summed E-state index contributed by atoms with van der Waals surface area (Å²) in [5.74, 6) is 0.728. The zero-order valence-electron chi connectivity index (χ0n) is 20.9. The van der Waals surface area contributed by atoms with Gasteiger partial charge in [-0.05, 0) is 48.0 Å². The van der Waals surface area contributed by atoms with E-state index in [0.717, 1.165) is 11.1 Å². The van der Waals surface area contributed by atoms with Crippen molar-refractivity contribution >= 4 is 17.6 Å². The minimum atomic E-state index is -0.550. The van der Waals surface area contributed by atoms with Crippen molar-refractivity contribution in [2.75, 3.05) is 7.11 Å². The van der Waals surface area contributed by atoms with Gasteiger partial charge in [0.15, 0.2) is 0 Å². The predicted octanol–water partition coefficient (Wildman–Crippen LogP) is 6.36. The van der Waals surface area contributed by atoms with Crippen LogP contribution in [0.3, 0.4) is 0 Å². The second kappa shape index (κ2) is 11.2. The molecule has 1 unspecified atom stereocenters. The third-order valence-corrected chi connectivity index (χ3v) is 6.62. The van der Waals surface area contributed by atoms with Crippen LogP contribution >= 0.6 is 11.6 Å². The predicted molar refractivity (Wildman–Crippen MR) is 146 cm³/mol. The van der Waals surface area contributed by atoms with E-state index in [1.807, 2.05) is 48.5 Å². The molecule has 1 aliphatic heterocycles. The molecule has 2 N–H and O–H groups in total. The van der Waals surface area contributed by atoms with Crippen molar-refractivity contribution in [3.63, 3.8) is 0 Å². The number of allylic oxidation sites excluding steroid dienone is 1. The molecule has 1 atom stereocenters. The highest BCUT2D eigenvalue weighted by Gasteiger charge is 2.31. The number of nitrogens with zero attached hydrogens (tertiary/aromatic N) is 1. The second-order valence-electron chi connectivity index (χ2n) is 8.70. The summed E-state index contributed by atoms with van der Waals surface area (Å²) in [6.07, 6.45) is 0. The third-order valence-electron chi connectivity index (χ3n) is 6.25. The Morgan fingerprint density at radius 3 is 2.56 bits per heavy atom. The van der Waals surface area contributed by atoms with Crippen LogP contribution in [0.15, 0.2) is 102 Å². The van der Waals surface area contributed by atoms with E-state index in [1.54, 1.807) is 42.5 Å². The molecular formula is C31H23ClN2O5. The Balaban J connectivity index is 1.42. The van der Waals surface area contributed by atoms with Gasteiger partial charge in [0.05, 0.1) is 18.6 Å². The number of rotatable bonds is 7. The van der Waals surface area contributed by atoms with Crippen LogP contribution in [0.2, 0.25) is 5.02 Å². The van der Waals surface area contributed by atoms with Gasteiger partial charge in [0.1, 0.15) is 41.2 Å². The van der Waals surface area contributed by atoms with Crippen LogP contribution < -0.4 is 24.7 Å². The maximum Gasteiger partial charge on any atom is 0.343 e. The highest BCUT2D eigenvalue weighted by molar-refractivity contribution is 6.31. The number of nitrogens with two attached hydrogens (primary N) is 1. The lowest BCUT2D eigenvalue weighted by Gasteiger charge is -2.27. The molecule has 7 nitrogen and oxygen atoms in total. The molecule has 0 saturated carbocycles. The van der Waals surface area contributed by atoms with Crippen LogP contribution in [0.5, 0.6) is 23.0 Å². The van der Waals surface area contributed by atoms with Gasteiger partial charge in [0.25, 0.3) is 0 Å². The highest BCUT2D eigenvalue weighted by Crippen LogP contribution is 2.44. The number of carbonyl (C=O) groups is 1. The van der Waals surface area contributed by atoms with Crippen LogP contribution in [-0.2, 0) is 6.61 Å². The van der Waals surface area contributed by atoms with E-state index in [1.165, 1.54) is 7.11 Å². The first-order valence-electron chi connectivity index (χ1n) is 12.0. The van der Waals surface area contributed by atoms with Crippen LogP contribution in [0.25, 0.3) is 0 Å². The Bertz CT molecular complexity index is 1630. The molecule has 4 aromatic carbocycles. The fraction of sp³-hybridized carbons (Fsp3) is 0.0968. The highest BCUT2D eigenvalue weighted by atomic mass is 35.5. The topological polar surface area (TPSA) is 104 Å². The second-order valence-corrected chi connectivity index (χ2v) is 9.11. The molecule has 0 saturated heterocycles. The van der Waals surface area contributed by atoms with E-state index < -0.39 is 11.9 Å². The number of carbonyl (C=O) groups excluding carboxylic acids is 1. The van der Waals surface area contributed by atoms with Crippen LogP contribution in [0, 0.1) is 11.3 Å². The zero-order chi connectivity index (χ0) is 27.4. The van der Waals surface area contributed by atoms with Gasteiger partial charge in [-0.15, -0.1) is 0 Å². The standard InChI is InChI=1S/C31H23ClN2O5/c1-36-22-9-5-8-20(15-22)31(35)38-24-12-13-25-28(16-24)39-30(34)26(17-33)29(25)19-7-4-10-23(14-19)37-18-21-6-2-3-11-27(21)32/h2-16,29H,18,34H2,1H3. The van der Waals surface area contributed by atoms with Gasteiger partial charge in [-0.3, -0.25) is 0 Å². The fourth-order valence-electron chi connectivity index (χ4n) is 4.32. The van der Waals surface area contributed by atoms with Crippen LogP contribution in [0.4, 0.5) is 0 Å². The summed E-state index contributed by atoms with van der Waals surface area (Å²) in [7, 11) is 1.52. The first-order chi connectivity index (χ1) is 19.0. The molecule has 0 fully saturated rings. The number of ether oxygens (including phenoxy) is 4. The minimum Gasteiger partial charge on any atom is -0.497 e. The van der Waals surface area contributed by atoms with E-state index in [0.29, 0.717) is 40.0 Å². The summed E-state index contributed by atoms with van der Waals surface area (Å²) in [6.45, 7) is 0.290. The summed E-state index contributed by atoms with van der Waals surface area (Å²) in [5, 5.41) is 10.5. The normalized spacial score (nSPS) is 14.0. The fourth-order valence-corrected chi connectivity index (χ4v) is 4.51. The Hall–Kier alpha value is -4.93. The number of halogens is 1. The molecule has 194 valence electrons. The van der Waals surface area contributed by atoms with E-state index >= 15 is 0 Å². The summed E-state index contributed by atoms with van der Waals surface area (Å²) >= 11 is 6.26. The summed E-state index contributed by atoms with van der Waals surface area (Å²) in [4.78, 5) is 12.7. The number of hydrogen-bond acceptors (Lipinski definition) is 7. The van der Waals surface area contributed by atoms with E-state index in [4.69, 9.17) is 36.3 Å². The van der Waals surface area contributed by atoms with Crippen molar-refractivity contribution in [3.8, 4) is 29.1 Å². The maximum absolute atomic E-state index is 12.7. The van der Waals surface area contributed by atoms with Crippen molar-refractivity contribution in [1.82, 2.24) is 0 Å². The third kappa shape index (κ3) is 5.52. The number of methoxy groups -OCH3 is 1. The molecule has 39 heavy (non-hydrogen) atoms. The summed E-state index contributed by atoms with van der Waals surface area (Å²) in [5.41, 5.74) is 9.12. The lowest BCUT2D eigenvalue weighted by Crippen LogP contribution is -2.21. The molecule has 0 amide bonds. The van der Waals surface area contributed by atoms with Gasteiger partial charge >= 0.3 is 5.97 Å². The molecule has 1 heterocycles. The molecule has 0 aliphatic carbocycles. The van der Waals surface area contributed by atoms with Gasteiger partial charge in [0, 0.05) is 22.2 Å². The summed E-state index contributed by atoms with van der Waals surface area (Å²) in [6, 6.07) is 28.8. The molecule has 8 heteroatoms. The van der Waals surface area contributed by atoms with Gasteiger partial charge in [-0.2, -0.15) is 5.26 Å². The van der Waals surface area contributed by atoms with Crippen LogP contribution in [0.1, 0.15) is 33.0 Å². The van der Waals surface area contributed by atoms with Gasteiger partial charge < -0.3 is 24.7 Å². The number of nitriles is 1. The van der Waals surface area contributed by atoms with Crippen molar-refractivity contribution in [3.05, 3.63) is 130 Å². The summed E-state index contributed by atoms with van der Waals surface area (Å²) < 4.78 is 22.5. The molecule has 0 bridgehead atoms. The minimum absolute atomic E-state index is 0.0198. The number of fused-ring (bicyclic) bond motifs is 1. The monoisotopic (exact) mass is 538 g/mol. The van der Waals surface area contributed by atoms with E-state index in [9.17, 15) is 10.1 Å². The largest absolute Gasteiger partial charge is 0.497 e.